The van der Waals surface area contributed by atoms with Crippen LogP contribution in [0.2, 0.25) is 0 Å². The number of nitrogens with one attached hydrogen (secondary N) is 1. The minimum Gasteiger partial charge on any atom is -0.391 e. The van der Waals surface area contributed by atoms with E-state index in [1.54, 1.807) is 9.80 Å². The van der Waals surface area contributed by atoms with Gasteiger partial charge in [-0.25, -0.2) is 0 Å². The zero-order valence-electron chi connectivity index (χ0n) is 11.5. The van der Waals surface area contributed by atoms with E-state index in [-0.39, 0.29) is 26.2 Å². The first-order valence-electron chi connectivity index (χ1n) is 6.65. The fraction of sp³-hybridized carbons (Fsp3) is 0.667. The van der Waals surface area contributed by atoms with Crippen molar-refractivity contribution in [3.8, 4) is 0 Å². The second kappa shape index (κ2) is 7.25. The summed E-state index contributed by atoms with van der Waals surface area (Å²) >= 11 is 0. The van der Waals surface area contributed by atoms with Crippen molar-refractivity contribution in [1.82, 2.24) is 15.1 Å². The Labute approximate surface area is 121 Å². The van der Waals surface area contributed by atoms with Crippen molar-refractivity contribution in [2.75, 3.05) is 52.4 Å². The lowest BCUT2D eigenvalue weighted by atomic mass is 10.3. The number of ether oxygens (including phenoxy) is 2. The Bertz CT molecular complexity index is 380. The number of cyclic esters (lactones) is 4. The number of rotatable bonds is 6. The van der Waals surface area contributed by atoms with Crippen LogP contribution in [0.3, 0.4) is 0 Å². The number of hydrogen-bond donors (Lipinski definition) is 1. The summed E-state index contributed by atoms with van der Waals surface area (Å²) in [4.78, 5) is 47.6. The molecule has 9 nitrogen and oxygen atoms in total. The van der Waals surface area contributed by atoms with Gasteiger partial charge in [0.05, 0.1) is 26.2 Å². The first kappa shape index (κ1) is 15.5. The van der Waals surface area contributed by atoms with Gasteiger partial charge in [-0.05, 0) is 0 Å². The third-order valence-electron chi connectivity index (χ3n) is 3.08. The van der Waals surface area contributed by atoms with Gasteiger partial charge >= 0.3 is 23.9 Å². The van der Waals surface area contributed by atoms with E-state index in [1.165, 1.54) is 0 Å². The van der Waals surface area contributed by atoms with Crippen molar-refractivity contribution in [3.63, 3.8) is 0 Å². The van der Waals surface area contributed by atoms with E-state index < -0.39 is 23.9 Å². The molecule has 2 saturated heterocycles. The van der Waals surface area contributed by atoms with Crippen LogP contribution in [0.15, 0.2) is 0 Å². The summed E-state index contributed by atoms with van der Waals surface area (Å²) in [6, 6.07) is 0. The van der Waals surface area contributed by atoms with Gasteiger partial charge in [-0.15, -0.1) is 0 Å². The molecule has 2 aliphatic heterocycles. The molecule has 0 aliphatic carbocycles. The molecule has 2 aliphatic rings. The topological polar surface area (TPSA) is 105 Å². The normalized spacial score (nSPS) is 21.3. The van der Waals surface area contributed by atoms with Crippen LogP contribution in [0.5, 0.6) is 0 Å². The van der Waals surface area contributed by atoms with E-state index in [9.17, 15) is 19.2 Å². The number of carbonyl (C=O) groups excluding carboxylic acids is 4. The first-order valence-corrected chi connectivity index (χ1v) is 6.65. The molecular formula is C12H17N3O6. The number of hydrogen-bond acceptors (Lipinski definition) is 9. The van der Waals surface area contributed by atoms with Gasteiger partial charge in [-0.2, -0.15) is 0 Å². The maximum Gasteiger partial charge on any atom is 0.327 e. The predicted molar refractivity (Wildman–Crippen MR) is 67.9 cm³/mol. The molecule has 2 fully saturated rings. The van der Waals surface area contributed by atoms with Crippen molar-refractivity contribution >= 4 is 23.9 Å². The minimum absolute atomic E-state index is 0.111. The first-order chi connectivity index (χ1) is 10.0. The van der Waals surface area contributed by atoms with Crippen molar-refractivity contribution in [2.24, 2.45) is 0 Å². The monoisotopic (exact) mass is 299 g/mol. The van der Waals surface area contributed by atoms with Gasteiger partial charge < -0.3 is 14.8 Å². The smallest absolute Gasteiger partial charge is 0.327 e. The molecule has 2 rings (SSSR count). The molecule has 21 heavy (non-hydrogen) atoms. The number of morpholine rings is 2. The molecule has 0 atom stereocenters. The Hall–Kier alpha value is -1.84. The van der Waals surface area contributed by atoms with E-state index in [2.05, 4.69) is 14.8 Å². The lowest BCUT2D eigenvalue weighted by Gasteiger charge is -2.25. The molecule has 9 heteroatoms. The molecule has 0 aromatic rings. The lowest BCUT2D eigenvalue weighted by molar-refractivity contribution is -0.168. The van der Waals surface area contributed by atoms with Crippen LogP contribution in [0, 0.1) is 0 Å². The molecule has 0 bridgehead atoms. The largest absolute Gasteiger partial charge is 0.391 e. The summed E-state index contributed by atoms with van der Waals surface area (Å²) in [6.07, 6.45) is 0. The summed E-state index contributed by atoms with van der Waals surface area (Å²) in [7, 11) is 0. The second-order valence-electron chi connectivity index (χ2n) is 4.86. The summed E-state index contributed by atoms with van der Waals surface area (Å²) in [6.45, 7) is 2.71. The molecule has 0 amide bonds. The van der Waals surface area contributed by atoms with Crippen LogP contribution in [-0.4, -0.2) is 86.0 Å². The molecule has 1 N–H and O–H groups in total. The molecule has 0 aromatic heterocycles. The SMILES string of the molecule is O=C1CN(CCNCCN2CC(=O)OC(=O)C2)CC(=O)O1. The van der Waals surface area contributed by atoms with E-state index in [0.717, 1.165) is 0 Å². The maximum atomic E-state index is 11.1. The van der Waals surface area contributed by atoms with Crippen molar-refractivity contribution in [3.05, 3.63) is 0 Å². The Morgan fingerprint density at radius 2 is 1.05 bits per heavy atom. The summed E-state index contributed by atoms with van der Waals surface area (Å²) in [5.74, 6) is -2.12. The predicted octanol–water partition coefficient (Wildman–Crippen LogP) is -2.65. The molecule has 0 aromatic carbocycles. The van der Waals surface area contributed by atoms with Crippen LogP contribution < -0.4 is 5.32 Å². The quantitative estimate of drug-likeness (QED) is 0.320. The molecule has 2 heterocycles. The second-order valence-corrected chi connectivity index (χ2v) is 4.86. The highest BCUT2D eigenvalue weighted by molar-refractivity contribution is 5.90. The zero-order chi connectivity index (χ0) is 15.2. The third kappa shape index (κ3) is 5.21. The van der Waals surface area contributed by atoms with Crippen molar-refractivity contribution in [1.29, 1.82) is 0 Å². The summed E-state index contributed by atoms with van der Waals surface area (Å²) < 4.78 is 8.84. The highest BCUT2D eigenvalue weighted by atomic mass is 16.6. The Morgan fingerprint density at radius 3 is 1.38 bits per heavy atom. The Morgan fingerprint density at radius 1 is 0.714 bits per heavy atom. The highest BCUT2D eigenvalue weighted by Gasteiger charge is 2.25. The van der Waals surface area contributed by atoms with Crippen LogP contribution in [0.1, 0.15) is 0 Å². The van der Waals surface area contributed by atoms with Crippen LogP contribution in [-0.2, 0) is 28.7 Å². The third-order valence-corrected chi connectivity index (χ3v) is 3.08. The van der Waals surface area contributed by atoms with Gasteiger partial charge in [0, 0.05) is 26.2 Å². The van der Waals surface area contributed by atoms with Crippen molar-refractivity contribution in [2.45, 2.75) is 0 Å². The van der Waals surface area contributed by atoms with E-state index in [4.69, 9.17) is 0 Å². The van der Waals surface area contributed by atoms with E-state index >= 15 is 0 Å². The minimum atomic E-state index is -0.531. The maximum absolute atomic E-state index is 11.1. The van der Waals surface area contributed by atoms with Gasteiger partial charge in [-0.3, -0.25) is 29.0 Å². The van der Waals surface area contributed by atoms with Gasteiger partial charge in [0.1, 0.15) is 0 Å². The van der Waals surface area contributed by atoms with Crippen LogP contribution in [0.4, 0.5) is 0 Å². The van der Waals surface area contributed by atoms with E-state index in [1.807, 2.05) is 0 Å². The standard InChI is InChI=1S/C12H17N3O6/c16-9-5-14(6-10(17)20-9)3-1-13-2-4-15-7-11(18)21-12(19)8-15/h13H,1-8H2. The molecule has 116 valence electrons. The van der Waals surface area contributed by atoms with Crippen LogP contribution >= 0.6 is 0 Å². The number of carbonyl (C=O) groups is 4. The molecular weight excluding hydrogens is 282 g/mol. The lowest BCUT2D eigenvalue weighted by Crippen LogP contribution is -2.47. The molecule has 0 unspecified atom stereocenters. The average molecular weight is 299 g/mol. The number of esters is 4. The van der Waals surface area contributed by atoms with Gasteiger partial charge in [0.2, 0.25) is 0 Å². The molecule has 0 spiro atoms. The summed E-state index contributed by atoms with van der Waals surface area (Å²) in [5, 5.41) is 3.13. The van der Waals surface area contributed by atoms with Gasteiger partial charge in [0.25, 0.3) is 0 Å². The fourth-order valence-electron chi connectivity index (χ4n) is 2.14. The zero-order valence-corrected chi connectivity index (χ0v) is 11.5. The van der Waals surface area contributed by atoms with Crippen molar-refractivity contribution < 1.29 is 28.7 Å². The molecule has 0 radical (unpaired) electrons. The van der Waals surface area contributed by atoms with Crippen LogP contribution in [0.25, 0.3) is 0 Å². The Balaban J connectivity index is 1.57. The Kier molecular flexibility index (Phi) is 5.37. The van der Waals surface area contributed by atoms with Gasteiger partial charge in [-0.1, -0.05) is 0 Å². The fourth-order valence-corrected chi connectivity index (χ4v) is 2.14. The van der Waals surface area contributed by atoms with E-state index in [0.29, 0.717) is 26.2 Å². The molecule has 0 saturated carbocycles. The number of nitrogens with zero attached hydrogens (tertiary/aromatic N) is 2. The summed E-state index contributed by atoms with van der Waals surface area (Å²) in [5.41, 5.74) is 0. The highest BCUT2D eigenvalue weighted by Crippen LogP contribution is 2.00. The average Bonchev–Trinajstić information content (AvgIpc) is 2.36. The van der Waals surface area contributed by atoms with Gasteiger partial charge in [0.15, 0.2) is 0 Å².